The van der Waals surface area contributed by atoms with E-state index >= 15 is 0 Å². The Labute approximate surface area is 648 Å². The van der Waals surface area contributed by atoms with E-state index in [1.165, 1.54) is 80.6 Å². The van der Waals surface area contributed by atoms with Gasteiger partial charge in [-0.05, 0) is 64.1 Å². The Morgan fingerprint density at radius 3 is 1.25 bits per heavy atom. The number of hydrogen-bond donors (Lipinski definition) is 0. The second-order valence-electron chi connectivity index (χ2n) is 30.3. The molecule has 0 atom stereocenters. The minimum Gasteiger partial charge on any atom is -0.491 e. The van der Waals surface area contributed by atoms with Gasteiger partial charge in [-0.15, -0.1) is 77.9 Å². The van der Waals surface area contributed by atoms with Crippen molar-refractivity contribution in [3.05, 3.63) is 291 Å². The SMILES string of the molecule is CC(C)Cc1cc(-c2[c-]c3c4cccc5c6ccccc6n(c45)c3c3c2oc2ccccc23)nc[c]1[Ge]([CH3])([CH3])[CH3].CC(C)Cc1cc(-c2[c-]c3c4cccc5c6ccccc6n(c45)c3c3c2oc2ccccc23)ncc1[Si](C)(C)C.[Ir].[Ir].[c-]1ccccc1-c1ccccn1.[c-]1ccccc1-c1ccccn1. The zero-order chi connectivity index (χ0) is 71.1. The third-order valence-electron chi connectivity index (χ3n) is 20.1. The van der Waals surface area contributed by atoms with Crippen LogP contribution in [-0.2, 0) is 53.1 Å². The number of furan rings is 2. The standard InChI is InChI=1S/C36H31GeN2O.C36H31N2OSi.2C11H8N.2Ir/c1-21(2)17-22-18-30(38-20-29(22)37(3,4)5)28-19-27-25-14-10-13-24-23-11-6-8-15-31(23)39(34(24)25)35(27)33-26-12-7-9-16-32(26)40-36(28)33;1-21(2)17-22-18-29(37-20-32(22)40(3,4)5)28-19-27-25-14-10-13-24-23-11-6-8-15-30(23)38(34(24)25)35(27)33-26-12-7-9-16-31(26)39-36(28)33;2*1-2-6-10(7-3-1)11-8-4-5-9-12-11;;/h2*6-16,18,20-21H,17H2,1-5H3;2*1-6,8-9H;;/q4*-1;;. The molecular formula is C94H78GeIr2N6O2Si-4. The molecule has 0 aliphatic carbocycles. The van der Waals surface area contributed by atoms with Crippen molar-refractivity contribution in [1.82, 2.24) is 28.7 Å². The number of benzene rings is 10. The molecule has 0 bridgehead atoms. The Hall–Kier alpha value is -9.94. The third kappa shape index (κ3) is 12.8. The van der Waals surface area contributed by atoms with E-state index < -0.39 is 21.3 Å². The smallest absolute Gasteiger partial charge is 0.123 e. The van der Waals surface area contributed by atoms with Crippen molar-refractivity contribution < 1.29 is 49.0 Å². The molecule has 12 heteroatoms. The van der Waals surface area contributed by atoms with E-state index in [0.717, 1.165) is 118 Å². The number of nitrogens with zero attached hydrogens (tertiary/aromatic N) is 6. The molecule has 0 aliphatic rings. The average Bonchev–Trinajstić information content (AvgIpc) is 1.53. The van der Waals surface area contributed by atoms with Gasteiger partial charge in [0.2, 0.25) is 0 Å². The van der Waals surface area contributed by atoms with E-state index in [1.807, 2.05) is 91.0 Å². The fraction of sp³-hybridized carbons (Fsp3) is 0.149. The molecule has 0 saturated heterocycles. The topological polar surface area (TPSA) is 86.7 Å². The van der Waals surface area contributed by atoms with Crippen LogP contribution in [0.25, 0.3) is 165 Å². The normalized spacial score (nSPS) is 12.0. The first-order valence-corrected chi connectivity index (χ1v) is 47.0. The van der Waals surface area contributed by atoms with Crippen LogP contribution >= 0.6 is 0 Å². The Bertz CT molecular complexity index is 6100. The first-order valence-electron chi connectivity index (χ1n) is 36.2. The summed E-state index contributed by atoms with van der Waals surface area (Å²) >= 11 is -2.11. The molecule has 0 amide bonds. The van der Waals surface area contributed by atoms with Gasteiger partial charge in [0.1, 0.15) is 5.58 Å². The van der Waals surface area contributed by atoms with Crippen LogP contribution in [-0.4, -0.2) is 50.1 Å². The van der Waals surface area contributed by atoms with Crippen molar-refractivity contribution in [2.45, 2.75) is 77.4 Å². The van der Waals surface area contributed by atoms with Gasteiger partial charge in [0, 0.05) is 91.7 Å². The van der Waals surface area contributed by atoms with Crippen LogP contribution in [0.15, 0.2) is 264 Å². The molecule has 526 valence electrons. The third-order valence-corrected chi connectivity index (χ3v) is 26.5. The van der Waals surface area contributed by atoms with Crippen LogP contribution in [0.5, 0.6) is 0 Å². The average molecular weight is 1810 g/mol. The minimum absolute atomic E-state index is 0. The van der Waals surface area contributed by atoms with Crippen molar-refractivity contribution >= 4 is 151 Å². The van der Waals surface area contributed by atoms with Crippen LogP contribution in [0, 0.1) is 36.1 Å². The van der Waals surface area contributed by atoms with Gasteiger partial charge >= 0.3 is 231 Å². The van der Waals surface area contributed by atoms with Gasteiger partial charge in [-0.1, -0.05) is 146 Å². The summed E-state index contributed by atoms with van der Waals surface area (Å²) in [4.78, 5) is 18.7. The summed E-state index contributed by atoms with van der Waals surface area (Å²) < 4.78 is 19.7. The maximum Gasteiger partial charge on any atom is 0.123 e. The summed E-state index contributed by atoms with van der Waals surface area (Å²) in [7, 11) is -1.56. The first-order chi connectivity index (χ1) is 50.6. The molecule has 10 heterocycles. The van der Waals surface area contributed by atoms with Gasteiger partial charge in [-0.3, -0.25) is 4.98 Å². The minimum atomic E-state index is -2.11. The van der Waals surface area contributed by atoms with Crippen molar-refractivity contribution in [3.8, 4) is 45.0 Å². The summed E-state index contributed by atoms with van der Waals surface area (Å²) in [6.45, 7) is 16.4. The van der Waals surface area contributed by atoms with E-state index in [9.17, 15) is 0 Å². The fourth-order valence-corrected chi connectivity index (χ4v) is 20.7. The molecular weight excluding hydrogens is 1730 g/mol. The van der Waals surface area contributed by atoms with E-state index in [-0.39, 0.29) is 40.2 Å². The van der Waals surface area contributed by atoms with Crippen LogP contribution in [0.1, 0.15) is 38.8 Å². The zero-order valence-corrected chi connectivity index (χ0v) is 68.9. The molecule has 10 aromatic carbocycles. The van der Waals surface area contributed by atoms with Crippen molar-refractivity contribution in [3.63, 3.8) is 0 Å². The molecule has 2 radical (unpaired) electrons. The predicted molar refractivity (Wildman–Crippen MR) is 441 cm³/mol. The van der Waals surface area contributed by atoms with Crippen LogP contribution in [0.2, 0.25) is 36.9 Å². The fourth-order valence-electron chi connectivity index (χ4n) is 15.7. The molecule has 0 aliphatic heterocycles. The molecule has 0 saturated carbocycles. The summed E-state index contributed by atoms with van der Waals surface area (Å²) in [6.07, 6.45) is 9.98. The maximum atomic E-state index is 6.69. The molecule has 20 rings (SSSR count). The van der Waals surface area contributed by atoms with E-state index in [1.54, 1.807) is 12.4 Å². The van der Waals surface area contributed by atoms with Gasteiger partial charge < -0.3 is 18.8 Å². The molecule has 0 N–H and O–H groups in total. The van der Waals surface area contributed by atoms with Crippen molar-refractivity contribution in [2.75, 3.05) is 0 Å². The quantitative estimate of drug-likeness (QED) is 0.100. The molecule has 8 nitrogen and oxygen atoms in total. The van der Waals surface area contributed by atoms with Crippen LogP contribution in [0.4, 0.5) is 0 Å². The Balaban J connectivity index is 0.000000128. The summed E-state index contributed by atoms with van der Waals surface area (Å²) in [5.74, 6) is 8.51. The van der Waals surface area contributed by atoms with Gasteiger partial charge in [-0.2, -0.15) is 0 Å². The number of pyridine rings is 4. The Morgan fingerprint density at radius 1 is 0.406 bits per heavy atom. The largest absolute Gasteiger partial charge is 0.491 e. The molecule has 0 unspecified atom stereocenters. The van der Waals surface area contributed by atoms with Gasteiger partial charge in [0.05, 0.1) is 13.7 Å². The number of fused-ring (bicyclic) bond motifs is 20. The molecule has 10 aromatic heterocycles. The van der Waals surface area contributed by atoms with Crippen molar-refractivity contribution in [2.24, 2.45) is 11.8 Å². The monoisotopic (exact) mass is 1810 g/mol. The zero-order valence-electron chi connectivity index (χ0n) is 61.0. The predicted octanol–water partition coefficient (Wildman–Crippen LogP) is 23.8. The Morgan fingerprint density at radius 2 is 0.811 bits per heavy atom. The van der Waals surface area contributed by atoms with Crippen LogP contribution < -0.4 is 9.58 Å². The van der Waals surface area contributed by atoms with Crippen molar-refractivity contribution in [1.29, 1.82) is 0 Å². The Kier molecular flexibility index (Phi) is 19.7. The molecule has 20 aromatic rings. The van der Waals surface area contributed by atoms with Gasteiger partial charge in [-0.25, -0.2) is 0 Å². The van der Waals surface area contributed by atoms with Gasteiger partial charge in [0.25, 0.3) is 0 Å². The van der Waals surface area contributed by atoms with Crippen LogP contribution in [0.3, 0.4) is 0 Å². The van der Waals surface area contributed by atoms with Gasteiger partial charge in [0.15, 0.2) is 0 Å². The van der Waals surface area contributed by atoms with E-state index in [4.69, 9.17) is 18.8 Å². The second kappa shape index (κ2) is 29.1. The second-order valence-corrected chi connectivity index (χ2v) is 45.9. The number of hydrogen-bond acceptors (Lipinski definition) is 6. The molecule has 0 spiro atoms. The first kappa shape index (κ1) is 71.7. The van der Waals surface area contributed by atoms with E-state index in [2.05, 4.69) is 260 Å². The number of aromatic nitrogens is 6. The molecule has 0 fully saturated rings. The summed E-state index contributed by atoms with van der Waals surface area (Å²) in [6, 6.07) is 93.6. The summed E-state index contributed by atoms with van der Waals surface area (Å²) in [5.41, 5.74) is 21.5. The van der Waals surface area contributed by atoms with E-state index in [0.29, 0.717) is 11.8 Å². The molecule has 106 heavy (non-hydrogen) atoms. The number of rotatable bonds is 10. The summed E-state index contributed by atoms with van der Waals surface area (Å²) in [5, 5.41) is 15.8. The maximum absolute atomic E-state index is 6.69. The number of para-hydroxylation sites is 6.